The topological polar surface area (TPSA) is 126 Å². The van der Waals surface area contributed by atoms with Crippen molar-refractivity contribution in [3.63, 3.8) is 0 Å². The van der Waals surface area contributed by atoms with Crippen molar-refractivity contribution < 1.29 is 37.1 Å². The highest BCUT2D eigenvalue weighted by Crippen LogP contribution is 2.29. The molecule has 0 radical (unpaired) electrons. The van der Waals surface area contributed by atoms with Gasteiger partial charge in [0.2, 0.25) is 17.7 Å². The fraction of sp³-hybridized carbons (Fsp3) is 0.389. The summed E-state index contributed by atoms with van der Waals surface area (Å²) in [5, 5.41) is 10.7. The fourth-order valence-electron chi connectivity index (χ4n) is 4.89. The molecular weight excluding hydrogens is 625 g/mol. The lowest BCUT2D eigenvalue weighted by molar-refractivity contribution is -0.137. The monoisotopic (exact) mass is 668 g/mol. The molecule has 0 aliphatic carbocycles. The van der Waals surface area contributed by atoms with E-state index in [2.05, 4.69) is 21.3 Å². The number of alkyl halides is 3. The van der Waals surface area contributed by atoms with Gasteiger partial charge >= 0.3 is 12.3 Å². The molecule has 0 aliphatic heterocycles. The second kappa shape index (κ2) is 17.9. The standard InChI is InChI=1S/C36H43F3N4O5/c1-23(2)19-29(41-34(46)30(20-24(3)4)43-35(47)48-22-26-13-9-6-10-14-26)33(45)42-31(21-25-11-7-5-8-12-25)32(44)40-28-17-15-27(16-18-28)36(37,38)39/h5-18,23-24,29-31H,19-22H2,1-4H3,(H,40,44)(H,41,46)(H,42,45)(H,43,47)/t29-,30-,31-/m0/s1. The van der Waals surface area contributed by atoms with Crippen LogP contribution in [-0.2, 0) is 38.3 Å². The second-order valence-corrected chi connectivity index (χ2v) is 12.4. The lowest BCUT2D eigenvalue weighted by Gasteiger charge is -2.27. The van der Waals surface area contributed by atoms with Gasteiger partial charge < -0.3 is 26.0 Å². The van der Waals surface area contributed by atoms with E-state index in [1.807, 2.05) is 45.9 Å². The number of amides is 4. The molecule has 0 aliphatic rings. The summed E-state index contributed by atoms with van der Waals surface area (Å²) in [6.07, 6.45) is -4.75. The van der Waals surface area contributed by atoms with Crippen LogP contribution in [0.2, 0.25) is 0 Å². The summed E-state index contributed by atoms with van der Waals surface area (Å²) in [4.78, 5) is 53.3. The molecule has 3 aromatic carbocycles. The average molecular weight is 669 g/mol. The van der Waals surface area contributed by atoms with Crippen LogP contribution in [0, 0.1) is 11.8 Å². The normalized spacial score (nSPS) is 13.3. The minimum Gasteiger partial charge on any atom is -0.445 e. The Hall–Kier alpha value is -4.87. The summed E-state index contributed by atoms with van der Waals surface area (Å²) in [6.45, 7) is 7.53. The molecule has 4 N–H and O–H groups in total. The fourth-order valence-corrected chi connectivity index (χ4v) is 4.89. The van der Waals surface area contributed by atoms with Crippen molar-refractivity contribution >= 4 is 29.5 Å². The second-order valence-electron chi connectivity index (χ2n) is 12.4. The highest BCUT2D eigenvalue weighted by molar-refractivity contribution is 5.99. The van der Waals surface area contributed by atoms with Gasteiger partial charge in [0.25, 0.3) is 0 Å². The van der Waals surface area contributed by atoms with Crippen molar-refractivity contribution in [2.45, 2.75) is 77.9 Å². The molecule has 48 heavy (non-hydrogen) atoms. The van der Waals surface area contributed by atoms with Crippen LogP contribution in [0.15, 0.2) is 84.9 Å². The van der Waals surface area contributed by atoms with Crippen molar-refractivity contribution in [3.8, 4) is 0 Å². The summed E-state index contributed by atoms with van der Waals surface area (Å²) in [5.74, 6) is -1.90. The van der Waals surface area contributed by atoms with Crippen LogP contribution in [0.4, 0.5) is 23.7 Å². The zero-order chi connectivity index (χ0) is 35.3. The predicted octanol–water partition coefficient (Wildman–Crippen LogP) is 6.24. The lowest BCUT2D eigenvalue weighted by Crippen LogP contribution is -2.57. The van der Waals surface area contributed by atoms with Crippen molar-refractivity contribution in [1.29, 1.82) is 0 Å². The van der Waals surface area contributed by atoms with Gasteiger partial charge in [-0.25, -0.2) is 4.79 Å². The number of carbonyl (C=O) groups is 4. The van der Waals surface area contributed by atoms with Gasteiger partial charge in [0, 0.05) is 12.1 Å². The van der Waals surface area contributed by atoms with Crippen LogP contribution in [0.3, 0.4) is 0 Å². The number of ether oxygens (including phenoxy) is 1. The number of carbonyl (C=O) groups excluding carboxylic acids is 4. The van der Waals surface area contributed by atoms with E-state index >= 15 is 0 Å². The van der Waals surface area contributed by atoms with Gasteiger partial charge in [-0.05, 0) is 60.1 Å². The van der Waals surface area contributed by atoms with Gasteiger partial charge in [0.15, 0.2) is 0 Å². The molecule has 0 saturated carbocycles. The number of hydrogen-bond acceptors (Lipinski definition) is 5. The number of anilines is 1. The molecule has 0 unspecified atom stereocenters. The largest absolute Gasteiger partial charge is 0.445 e. The van der Waals surface area contributed by atoms with Gasteiger partial charge in [-0.15, -0.1) is 0 Å². The Morgan fingerprint density at radius 2 is 1.10 bits per heavy atom. The molecule has 0 bridgehead atoms. The Kier molecular flexibility index (Phi) is 14.0. The van der Waals surface area contributed by atoms with Gasteiger partial charge in [-0.1, -0.05) is 88.4 Å². The van der Waals surface area contributed by atoms with Crippen LogP contribution in [0.1, 0.15) is 57.2 Å². The van der Waals surface area contributed by atoms with Gasteiger partial charge in [-0.2, -0.15) is 13.2 Å². The van der Waals surface area contributed by atoms with E-state index in [1.165, 1.54) is 0 Å². The predicted molar refractivity (Wildman–Crippen MR) is 177 cm³/mol. The van der Waals surface area contributed by atoms with Crippen molar-refractivity contribution in [1.82, 2.24) is 16.0 Å². The van der Waals surface area contributed by atoms with Crippen LogP contribution in [0.5, 0.6) is 0 Å². The molecular formula is C36H43F3N4O5. The molecule has 0 spiro atoms. The third kappa shape index (κ3) is 12.7. The van der Waals surface area contributed by atoms with E-state index in [4.69, 9.17) is 4.74 Å². The van der Waals surface area contributed by atoms with Gasteiger partial charge in [-0.3, -0.25) is 14.4 Å². The molecule has 9 nitrogen and oxygen atoms in total. The van der Waals surface area contributed by atoms with E-state index in [-0.39, 0.29) is 43.4 Å². The summed E-state index contributed by atoms with van der Waals surface area (Å²) in [5.41, 5.74) is 0.759. The molecule has 12 heteroatoms. The molecule has 0 aromatic heterocycles. The SMILES string of the molecule is CC(C)C[C@H](NC(=O)OCc1ccccc1)C(=O)N[C@@H](CC(C)C)C(=O)N[C@@H](Cc1ccccc1)C(=O)Nc1ccc(C(F)(F)F)cc1. The van der Waals surface area contributed by atoms with Crippen molar-refractivity contribution in [3.05, 3.63) is 102 Å². The van der Waals surface area contributed by atoms with E-state index in [1.54, 1.807) is 42.5 Å². The number of alkyl carbamates (subject to hydrolysis) is 1. The molecule has 3 rings (SSSR count). The number of hydrogen-bond donors (Lipinski definition) is 4. The quantitative estimate of drug-likeness (QED) is 0.153. The molecule has 0 fully saturated rings. The molecule has 3 atom stereocenters. The highest BCUT2D eigenvalue weighted by Gasteiger charge is 2.32. The smallest absolute Gasteiger partial charge is 0.416 e. The first-order valence-electron chi connectivity index (χ1n) is 15.8. The van der Waals surface area contributed by atoms with Gasteiger partial charge in [0.1, 0.15) is 24.7 Å². The zero-order valence-electron chi connectivity index (χ0n) is 27.5. The van der Waals surface area contributed by atoms with E-state index in [0.29, 0.717) is 0 Å². The molecule has 0 heterocycles. The van der Waals surface area contributed by atoms with Crippen LogP contribution < -0.4 is 21.3 Å². The first kappa shape index (κ1) is 37.6. The summed E-state index contributed by atoms with van der Waals surface area (Å²) < 4.78 is 44.4. The minimum atomic E-state index is -4.53. The molecule has 0 saturated heterocycles. The first-order chi connectivity index (χ1) is 22.7. The van der Waals surface area contributed by atoms with Crippen molar-refractivity contribution in [2.24, 2.45) is 11.8 Å². The maximum absolute atomic E-state index is 13.7. The maximum Gasteiger partial charge on any atom is 0.416 e. The Morgan fingerprint density at radius 3 is 1.60 bits per heavy atom. The first-order valence-corrected chi connectivity index (χ1v) is 15.8. The molecule has 3 aromatic rings. The Balaban J connectivity index is 1.75. The zero-order valence-corrected chi connectivity index (χ0v) is 27.5. The van der Waals surface area contributed by atoms with Crippen molar-refractivity contribution in [2.75, 3.05) is 5.32 Å². The Labute approximate surface area is 279 Å². The van der Waals surface area contributed by atoms with Crippen LogP contribution in [-0.4, -0.2) is 41.9 Å². The number of benzene rings is 3. The molecule has 4 amide bonds. The van der Waals surface area contributed by atoms with E-state index < -0.39 is 53.7 Å². The summed E-state index contributed by atoms with van der Waals surface area (Å²) >= 11 is 0. The lowest BCUT2D eigenvalue weighted by atomic mass is 9.99. The Bertz CT molecular complexity index is 1480. The third-order valence-corrected chi connectivity index (χ3v) is 7.26. The molecule has 258 valence electrons. The maximum atomic E-state index is 13.7. The number of rotatable bonds is 15. The highest BCUT2D eigenvalue weighted by atomic mass is 19.4. The third-order valence-electron chi connectivity index (χ3n) is 7.26. The summed E-state index contributed by atoms with van der Waals surface area (Å²) in [7, 11) is 0. The number of nitrogens with one attached hydrogen (secondary N) is 4. The van der Waals surface area contributed by atoms with E-state index in [0.717, 1.165) is 35.4 Å². The van der Waals surface area contributed by atoms with Gasteiger partial charge in [0.05, 0.1) is 5.56 Å². The number of halogens is 3. The average Bonchev–Trinajstić information content (AvgIpc) is 3.03. The minimum absolute atomic E-state index is 0.0108. The summed E-state index contributed by atoms with van der Waals surface area (Å²) in [6, 6.07) is 18.7. The van der Waals surface area contributed by atoms with Crippen LogP contribution >= 0.6 is 0 Å². The van der Waals surface area contributed by atoms with Crippen LogP contribution in [0.25, 0.3) is 0 Å². The van der Waals surface area contributed by atoms with E-state index in [9.17, 15) is 32.3 Å². The Morgan fingerprint density at radius 1 is 0.625 bits per heavy atom.